The number of halogens is 1. The summed E-state index contributed by atoms with van der Waals surface area (Å²) in [6, 6.07) is 10.2. The average Bonchev–Trinajstić information content (AvgIpc) is 2.61. The Balaban J connectivity index is 1.77. The van der Waals surface area contributed by atoms with Crippen molar-refractivity contribution in [3.63, 3.8) is 0 Å². The van der Waals surface area contributed by atoms with E-state index in [9.17, 15) is 14.3 Å². The van der Waals surface area contributed by atoms with Crippen LogP contribution in [0, 0.1) is 17.7 Å². The number of nitrogens with zero attached hydrogens (tertiary/aromatic N) is 1. The largest absolute Gasteiger partial charge is 0.507 e. The molecule has 0 amide bonds. The summed E-state index contributed by atoms with van der Waals surface area (Å²) < 4.78 is 19.0. The van der Waals surface area contributed by atoms with Crippen LogP contribution >= 0.6 is 0 Å². The first-order valence-electron chi connectivity index (χ1n) is 7.60. The van der Waals surface area contributed by atoms with Crippen LogP contribution in [0.25, 0.3) is 0 Å². The van der Waals surface area contributed by atoms with Crippen LogP contribution in [0.4, 0.5) is 10.1 Å². The fourth-order valence-corrected chi connectivity index (χ4v) is 2.51. The van der Waals surface area contributed by atoms with Crippen LogP contribution in [0.3, 0.4) is 0 Å². The van der Waals surface area contributed by atoms with E-state index in [1.54, 1.807) is 0 Å². The fraction of sp³-hybridized carbons (Fsp3) is 0.211. The molecule has 0 atom stereocenters. The number of phenols is 1. The molecule has 4 nitrogen and oxygen atoms in total. The van der Waals surface area contributed by atoms with Gasteiger partial charge < -0.3 is 14.7 Å². The Hall–Kier alpha value is -2.84. The number of morpholine rings is 1. The number of carbonyl (C=O) groups is 1. The first kappa shape index (κ1) is 16.0. The maximum Gasteiger partial charge on any atom is 0.156 e. The van der Waals surface area contributed by atoms with E-state index in [0.717, 1.165) is 43.6 Å². The van der Waals surface area contributed by atoms with E-state index in [4.69, 9.17) is 4.74 Å². The van der Waals surface area contributed by atoms with Crippen molar-refractivity contribution >= 4 is 12.0 Å². The molecule has 2 aromatic rings. The third-order valence-electron chi connectivity index (χ3n) is 3.82. The predicted octanol–water partition coefficient (Wildman–Crippen LogP) is 2.58. The summed E-state index contributed by atoms with van der Waals surface area (Å²) in [4.78, 5) is 12.9. The molecule has 0 spiro atoms. The zero-order valence-electron chi connectivity index (χ0n) is 13.0. The van der Waals surface area contributed by atoms with Crippen LogP contribution in [0.2, 0.25) is 0 Å². The van der Waals surface area contributed by atoms with Crippen LogP contribution in [0.15, 0.2) is 36.4 Å². The van der Waals surface area contributed by atoms with Gasteiger partial charge in [-0.2, -0.15) is 0 Å². The maximum absolute atomic E-state index is 13.6. The number of hydrogen-bond acceptors (Lipinski definition) is 4. The van der Waals surface area contributed by atoms with Gasteiger partial charge in [0.05, 0.1) is 18.8 Å². The van der Waals surface area contributed by atoms with E-state index in [0.29, 0.717) is 5.56 Å². The summed E-state index contributed by atoms with van der Waals surface area (Å²) in [7, 11) is 0. The highest BCUT2D eigenvalue weighted by molar-refractivity contribution is 5.80. The maximum atomic E-state index is 13.6. The van der Waals surface area contributed by atoms with E-state index in [1.165, 1.54) is 6.07 Å². The molecule has 0 unspecified atom stereocenters. The summed E-state index contributed by atoms with van der Waals surface area (Å²) in [6.07, 6.45) is 0.284. The number of carbonyl (C=O) groups excluding carboxylic acids is 1. The quantitative estimate of drug-likeness (QED) is 0.681. The van der Waals surface area contributed by atoms with Crippen molar-refractivity contribution < 1.29 is 19.0 Å². The lowest BCUT2D eigenvalue weighted by Gasteiger charge is -2.28. The van der Waals surface area contributed by atoms with Gasteiger partial charge in [-0.05, 0) is 36.4 Å². The van der Waals surface area contributed by atoms with Crippen molar-refractivity contribution in [1.82, 2.24) is 0 Å². The number of ether oxygens (including phenoxy) is 1. The van der Waals surface area contributed by atoms with Gasteiger partial charge in [-0.3, -0.25) is 4.79 Å². The molecule has 1 saturated heterocycles. The Bertz CT molecular complexity index is 777. The fourth-order valence-electron chi connectivity index (χ4n) is 2.51. The minimum atomic E-state index is -0.781. The van der Waals surface area contributed by atoms with Gasteiger partial charge in [0.25, 0.3) is 0 Å². The van der Waals surface area contributed by atoms with Crippen molar-refractivity contribution in [2.75, 3.05) is 31.2 Å². The molecule has 0 saturated carbocycles. The number of hydrogen-bond donors (Lipinski definition) is 1. The molecular weight excluding hydrogens is 309 g/mol. The monoisotopic (exact) mass is 325 g/mol. The highest BCUT2D eigenvalue weighted by Gasteiger charge is 2.10. The topological polar surface area (TPSA) is 49.8 Å². The highest BCUT2D eigenvalue weighted by atomic mass is 19.1. The first-order valence-corrected chi connectivity index (χ1v) is 7.60. The van der Waals surface area contributed by atoms with Crippen LogP contribution in [0.5, 0.6) is 5.75 Å². The number of aromatic hydroxyl groups is 1. The molecule has 3 rings (SSSR count). The standard InChI is InChI=1S/C19H16FNO3/c20-18-11-15(12-19(23)17(18)13-22)2-1-14-3-5-16(6-4-14)21-7-9-24-10-8-21/h3-6,11-13,23H,7-10H2. The van der Waals surface area contributed by atoms with Crippen molar-refractivity contribution in [3.8, 4) is 17.6 Å². The molecule has 1 aliphatic rings. The van der Waals surface area contributed by atoms with Gasteiger partial charge in [-0.15, -0.1) is 0 Å². The van der Waals surface area contributed by atoms with Gasteiger partial charge in [0.15, 0.2) is 6.29 Å². The van der Waals surface area contributed by atoms with Gasteiger partial charge in [-0.25, -0.2) is 4.39 Å². The first-order chi connectivity index (χ1) is 11.7. The lowest BCUT2D eigenvalue weighted by atomic mass is 10.1. The van der Waals surface area contributed by atoms with Gasteiger partial charge in [0.2, 0.25) is 0 Å². The number of rotatable bonds is 2. The molecule has 5 heteroatoms. The normalized spacial score (nSPS) is 14.0. The van der Waals surface area contributed by atoms with E-state index in [2.05, 4.69) is 16.7 Å². The summed E-state index contributed by atoms with van der Waals surface area (Å²) in [5.41, 5.74) is 1.86. The Morgan fingerprint density at radius 3 is 2.38 bits per heavy atom. The molecule has 0 aliphatic carbocycles. The lowest BCUT2D eigenvalue weighted by Crippen LogP contribution is -2.36. The molecule has 1 N–H and O–H groups in total. The summed E-state index contributed by atoms with van der Waals surface area (Å²) in [6.45, 7) is 3.19. The zero-order chi connectivity index (χ0) is 16.9. The summed E-state index contributed by atoms with van der Waals surface area (Å²) in [5.74, 6) is 4.53. The Morgan fingerprint density at radius 2 is 1.75 bits per heavy atom. The lowest BCUT2D eigenvalue weighted by molar-refractivity contribution is 0.111. The van der Waals surface area contributed by atoms with E-state index in [1.807, 2.05) is 24.3 Å². The predicted molar refractivity (Wildman–Crippen MR) is 88.9 cm³/mol. The van der Waals surface area contributed by atoms with Crippen LogP contribution in [-0.2, 0) is 4.74 Å². The zero-order valence-corrected chi connectivity index (χ0v) is 13.0. The number of benzene rings is 2. The molecule has 0 aromatic heterocycles. The second kappa shape index (κ2) is 7.16. The molecule has 122 valence electrons. The molecule has 1 aliphatic heterocycles. The molecule has 2 aromatic carbocycles. The van der Waals surface area contributed by atoms with Gasteiger partial charge in [0.1, 0.15) is 11.6 Å². The third kappa shape index (κ3) is 3.55. The van der Waals surface area contributed by atoms with E-state index in [-0.39, 0.29) is 11.8 Å². The van der Waals surface area contributed by atoms with Crippen molar-refractivity contribution in [3.05, 3.63) is 58.9 Å². The Labute approximate surface area is 139 Å². The second-order valence-electron chi connectivity index (χ2n) is 5.41. The van der Waals surface area contributed by atoms with Gasteiger partial charge >= 0.3 is 0 Å². The molecule has 0 bridgehead atoms. The summed E-state index contributed by atoms with van der Waals surface area (Å²) >= 11 is 0. The second-order valence-corrected chi connectivity index (χ2v) is 5.41. The molecular formula is C19H16FNO3. The highest BCUT2D eigenvalue weighted by Crippen LogP contribution is 2.20. The molecule has 0 radical (unpaired) electrons. The summed E-state index contributed by atoms with van der Waals surface area (Å²) in [5, 5.41) is 9.60. The SMILES string of the molecule is O=Cc1c(O)cc(C#Cc2ccc(N3CCOCC3)cc2)cc1F. The number of aldehydes is 1. The van der Waals surface area contributed by atoms with Crippen LogP contribution in [0.1, 0.15) is 21.5 Å². The number of anilines is 1. The average molecular weight is 325 g/mol. The van der Waals surface area contributed by atoms with Crippen molar-refractivity contribution in [2.45, 2.75) is 0 Å². The van der Waals surface area contributed by atoms with Crippen molar-refractivity contribution in [1.29, 1.82) is 0 Å². The van der Waals surface area contributed by atoms with E-state index >= 15 is 0 Å². The van der Waals surface area contributed by atoms with Crippen LogP contribution < -0.4 is 4.90 Å². The van der Waals surface area contributed by atoms with Gasteiger partial charge in [0, 0.05) is 29.9 Å². The molecule has 1 heterocycles. The number of phenolic OH excluding ortho intramolecular Hbond substituents is 1. The van der Waals surface area contributed by atoms with E-state index < -0.39 is 11.6 Å². The third-order valence-corrected chi connectivity index (χ3v) is 3.82. The minimum Gasteiger partial charge on any atom is -0.507 e. The minimum absolute atomic E-state index is 0.284. The molecule has 24 heavy (non-hydrogen) atoms. The smallest absolute Gasteiger partial charge is 0.156 e. The van der Waals surface area contributed by atoms with Crippen LogP contribution in [-0.4, -0.2) is 37.7 Å². The Kier molecular flexibility index (Phi) is 4.78. The molecule has 1 fully saturated rings. The van der Waals surface area contributed by atoms with Gasteiger partial charge in [-0.1, -0.05) is 11.8 Å². The van der Waals surface area contributed by atoms with Crippen molar-refractivity contribution in [2.24, 2.45) is 0 Å². The Morgan fingerprint density at radius 1 is 1.08 bits per heavy atom.